The Bertz CT molecular complexity index is 744. The van der Waals surface area contributed by atoms with Crippen molar-refractivity contribution in [3.05, 3.63) is 30.1 Å². The fraction of sp³-hybridized carbons (Fsp3) is 0.619. The predicted molar refractivity (Wildman–Crippen MR) is 106 cm³/mol. The van der Waals surface area contributed by atoms with Crippen LogP contribution >= 0.6 is 0 Å². The fourth-order valence-corrected chi connectivity index (χ4v) is 4.03. The highest BCUT2D eigenvalue weighted by Gasteiger charge is 2.28. The van der Waals surface area contributed by atoms with Crippen LogP contribution in [0.3, 0.4) is 0 Å². The molecule has 5 heteroatoms. The zero-order valence-electron chi connectivity index (χ0n) is 16.6. The maximum absolute atomic E-state index is 13.2. The van der Waals surface area contributed by atoms with Gasteiger partial charge in [-0.15, -0.1) is 0 Å². The van der Waals surface area contributed by atoms with E-state index in [4.69, 9.17) is 4.98 Å². The van der Waals surface area contributed by atoms with Crippen molar-refractivity contribution >= 4 is 16.9 Å². The van der Waals surface area contributed by atoms with Gasteiger partial charge in [0.05, 0.1) is 11.0 Å². The van der Waals surface area contributed by atoms with E-state index >= 15 is 0 Å². The van der Waals surface area contributed by atoms with Crippen LogP contribution in [0, 0.1) is 5.92 Å². The van der Waals surface area contributed by atoms with Crippen molar-refractivity contribution in [2.24, 2.45) is 5.92 Å². The van der Waals surface area contributed by atoms with Crippen LogP contribution in [0.25, 0.3) is 11.0 Å². The molecule has 1 aromatic heterocycles. The molecule has 0 saturated carbocycles. The number of imidazole rings is 1. The number of rotatable bonds is 6. The number of hydrogen-bond acceptors (Lipinski definition) is 3. The van der Waals surface area contributed by atoms with Gasteiger partial charge in [-0.3, -0.25) is 4.79 Å². The van der Waals surface area contributed by atoms with Crippen LogP contribution in [-0.2, 0) is 11.2 Å². The summed E-state index contributed by atoms with van der Waals surface area (Å²) in [6, 6.07) is 7.92. The summed E-state index contributed by atoms with van der Waals surface area (Å²) in [7, 11) is 4.25. The molecule has 142 valence electrons. The van der Waals surface area contributed by atoms with Crippen LogP contribution in [0.15, 0.2) is 24.3 Å². The molecule has 1 fully saturated rings. The van der Waals surface area contributed by atoms with Crippen molar-refractivity contribution in [2.45, 2.75) is 45.6 Å². The third kappa shape index (κ3) is 3.93. The molecular formula is C21H32N4O. The molecule has 2 aromatic rings. The van der Waals surface area contributed by atoms with E-state index in [0.717, 1.165) is 61.7 Å². The minimum absolute atomic E-state index is 0.198. The minimum atomic E-state index is -0.198. The molecule has 1 amide bonds. The normalized spacial score (nSPS) is 17.2. The zero-order chi connectivity index (χ0) is 18.7. The maximum atomic E-state index is 13.2. The van der Waals surface area contributed by atoms with Gasteiger partial charge in [0, 0.05) is 19.5 Å². The number of fused-ring (bicyclic) bond motifs is 1. The number of nitrogens with zero attached hydrogens (tertiary/aromatic N) is 4. The lowest BCUT2D eigenvalue weighted by atomic mass is 9.93. The number of aromatic nitrogens is 2. The number of piperidine rings is 1. The van der Waals surface area contributed by atoms with Crippen LogP contribution < -0.4 is 0 Å². The van der Waals surface area contributed by atoms with E-state index in [9.17, 15) is 4.79 Å². The zero-order valence-corrected chi connectivity index (χ0v) is 16.6. The molecule has 1 aliphatic rings. The Morgan fingerprint density at radius 3 is 2.62 bits per heavy atom. The molecule has 1 atom stereocenters. The fourth-order valence-electron chi connectivity index (χ4n) is 4.03. The largest absolute Gasteiger partial charge is 0.341 e. The van der Waals surface area contributed by atoms with Gasteiger partial charge in [0.1, 0.15) is 11.9 Å². The Morgan fingerprint density at radius 2 is 1.96 bits per heavy atom. The van der Waals surface area contributed by atoms with Crippen LogP contribution in [0.5, 0.6) is 0 Å². The van der Waals surface area contributed by atoms with Crippen molar-refractivity contribution in [1.82, 2.24) is 19.4 Å². The van der Waals surface area contributed by atoms with Gasteiger partial charge in [0.25, 0.3) is 0 Å². The van der Waals surface area contributed by atoms with E-state index in [0.29, 0.717) is 0 Å². The van der Waals surface area contributed by atoms with Gasteiger partial charge in [-0.2, -0.15) is 0 Å². The van der Waals surface area contributed by atoms with Crippen LogP contribution in [0.4, 0.5) is 0 Å². The smallest absolute Gasteiger partial charge is 0.245 e. The molecule has 0 N–H and O–H groups in total. The Balaban J connectivity index is 1.69. The molecule has 0 aliphatic carbocycles. The van der Waals surface area contributed by atoms with E-state index in [1.165, 1.54) is 6.42 Å². The van der Waals surface area contributed by atoms with Gasteiger partial charge in [0.2, 0.25) is 5.91 Å². The molecular weight excluding hydrogens is 324 g/mol. The quantitative estimate of drug-likeness (QED) is 0.797. The molecule has 1 aliphatic heterocycles. The van der Waals surface area contributed by atoms with Crippen molar-refractivity contribution in [3.63, 3.8) is 0 Å². The summed E-state index contributed by atoms with van der Waals surface area (Å²) in [5, 5.41) is 0. The third-order valence-corrected chi connectivity index (χ3v) is 5.64. The van der Waals surface area contributed by atoms with Crippen LogP contribution in [-0.4, -0.2) is 59.0 Å². The molecule has 3 rings (SSSR count). The summed E-state index contributed by atoms with van der Waals surface area (Å²) in [4.78, 5) is 22.2. The molecule has 2 heterocycles. The summed E-state index contributed by atoms with van der Waals surface area (Å²) in [5.74, 6) is 1.97. The van der Waals surface area contributed by atoms with Gasteiger partial charge >= 0.3 is 0 Å². The van der Waals surface area contributed by atoms with E-state index in [-0.39, 0.29) is 11.9 Å². The second-order valence-electron chi connectivity index (χ2n) is 7.78. The van der Waals surface area contributed by atoms with Gasteiger partial charge in [-0.05, 0) is 64.9 Å². The summed E-state index contributed by atoms with van der Waals surface area (Å²) in [6.45, 7) is 7.03. The summed E-state index contributed by atoms with van der Waals surface area (Å²) in [6.07, 6.45) is 4.31. The number of benzene rings is 1. The summed E-state index contributed by atoms with van der Waals surface area (Å²) < 4.78 is 2.13. The molecule has 1 saturated heterocycles. The average Bonchev–Trinajstić information content (AvgIpc) is 3.04. The maximum Gasteiger partial charge on any atom is 0.245 e. The number of para-hydroxylation sites is 2. The van der Waals surface area contributed by atoms with Crippen LogP contribution in [0.1, 0.15) is 45.0 Å². The molecule has 1 unspecified atom stereocenters. The second kappa shape index (κ2) is 8.21. The number of carbonyl (C=O) groups excluding carboxylic acids is 1. The Hall–Kier alpha value is -1.88. The SMILES string of the molecule is CCc1nc2ccccc2n1C(C)C(=O)N1CCC(CCN(C)C)CC1. The summed E-state index contributed by atoms with van der Waals surface area (Å²) in [5.41, 5.74) is 2.04. The lowest BCUT2D eigenvalue weighted by molar-refractivity contribution is -0.135. The Labute approximate surface area is 157 Å². The Kier molecular flexibility index (Phi) is 5.97. The first-order valence-electron chi connectivity index (χ1n) is 9.90. The first kappa shape index (κ1) is 18.9. The van der Waals surface area contributed by atoms with Crippen LogP contribution in [0.2, 0.25) is 0 Å². The van der Waals surface area contributed by atoms with Crippen molar-refractivity contribution in [1.29, 1.82) is 0 Å². The molecule has 5 nitrogen and oxygen atoms in total. The molecule has 0 bridgehead atoms. The third-order valence-electron chi connectivity index (χ3n) is 5.64. The lowest BCUT2D eigenvalue weighted by Crippen LogP contribution is -2.42. The van der Waals surface area contributed by atoms with Gasteiger partial charge in [-0.1, -0.05) is 19.1 Å². The number of amides is 1. The van der Waals surface area contributed by atoms with E-state index in [2.05, 4.69) is 41.5 Å². The first-order chi connectivity index (χ1) is 12.5. The van der Waals surface area contributed by atoms with E-state index in [1.54, 1.807) is 0 Å². The lowest BCUT2D eigenvalue weighted by Gasteiger charge is -2.34. The molecule has 0 spiro atoms. The number of likely N-dealkylation sites (tertiary alicyclic amines) is 1. The molecule has 0 radical (unpaired) electrons. The van der Waals surface area contributed by atoms with Crippen molar-refractivity contribution in [3.8, 4) is 0 Å². The highest BCUT2D eigenvalue weighted by atomic mass is 16.2. The van der Waals surface area contributed by atoms with Gasteiger partial charge in [-0.25, -0.2) is 4.98 Å². The highest BCUT2D eigenvalue weighted by Crippen LogP contribution is 2.26. The standard InChI is InChI=1S/C21H32N4O/c1-5-20-22-18-8-6-7-9-19(18)25(20)16(2)21(26)24-14-11-17(12-15-24)10-13-23(3)4/h6-9,16-17H,5,10-15H2,1-4H3. The number of carbonyl (C=O) groups is 1. The summed E-state index contributed by atoms with van der Waals surface area (Å²) >= 11 is 0. The minimum Gasteiger partial charge on any atom is -0.341 e. The predicted octanol–water partition coefficient (Wildman–Crippen LogP) is 3.35. The van der Waals surface area contributed by atoms with Crippen molar-refractivity contribution < 1.29 is 4.79 Å². The topological polar surface area (TPSA) is 41.4 Å². The van der Waals surface area contributed by atoms with E-state index < -0.39 is 0 Å². The van der Waals surface area contributed by atoms with Gasteiger partial charge < -0.3 is 14.4 Å². The highest BCUT2D eigenvalue weighted by molar-refractivity contribution is 5.84. The number of aryl methyl sites for hydroxylation is 1. The second-order valence-corrected chi connectivity index (χ2v) is 7.78. The average molecular weight is 357 g/mol. The van der Waals surface area contributed by atoms with E-state index in [1.807, 2.05) is 25.1 Å². The number of hydrogen-bond donors (Lipinski definition) is 0. The van der Waals surface area contributed by atoms with Gasteiger partial charge in [0.15, 0.2) is 0 Å². The molecule has 1 aromatic carbocycles. The van der Waals surface area contributed by atoms with Crippen molar-refractivity contribution in [2.75, 3.05) is 33.7 Å². The first-order valence-corrected chi connectivity index (χ1v) is 9.90. The monoisotopic (exact) mass is 356 g/mol. The Morgan fingerprint density at radius 1 is 1.27 bits per heavy atom. The molecule has 26 heavy (non-hydrogen) atoms.